The van der Waals surface area contributed by atoms with Crippen molar-refractivity contribution in [2.45, 2.75) is 26.3 Å². The number of aryl methyl sites for hydroxylation is 1. The molecule has 0 aromatic heterocycles. The van der Waals surface area contributed by atoms with E-state index in [4.69, 9.17) is 4.74 Å². The lowest BCUT2D eigenvalue weighted by molar-refractivity contribution is 0.298. The second-order valence-electron chi connectivity index (χ2n) is 5.69. The van der Waals surface area contributed by atoms with Crippen LogP contribution in [0, 0.1) is 12.8 Å². The van der Waals surface area contributed by atoms with E-state index >= 15 is 0 Å². The number of methoxy groups -OCH3 is 1. The lowest BCUT2D eigenvalue weighted by Gasteiger charge is -2.19. The number of nitrogens with zero attached hydrogens (tertiary/aromatic N) is 1. The highest BCUT2D eigenvalue weighted by molar-refractivity contribution is 5.36. The topological polar surface area (TPSA) is 24.5 Å². The monoisotopic (exact) mass is 262 g/mol. The lowest BCUT2D eigenvalue weighted by atomic mass is 10.0. The lowest BCUT2D eigenvalue weighted by Crippen LogP contribution is -2.22. The van der Waals surface area contributed by atoms with Gasteiger partial charge in [-0.15, -0.1) is 0 Å². The molecule has 0 amide bonds. The van der Waals surface area contributed by atoms with Gasteiger partial charge in [0.1, 0.15) is 5.75 Å². The highest BCUT2D eigenvalue weighted by atomic mass is 16.5. The number of benzene rings is 1. The first-order valence-corrected chi connectivity index (χ1v) is 7.22. The van der Waals surface area contributed by atoms with Crippen molar-refractivity contribution in [3.8, 4) is 5.75 Å². The maximum Gasteiger partial charge on any atom is 0.121 e. The first-order valence-electron chi connectivity index (χ1n) is 7.22. The highest BCUT2D eigenvalue weighted by Crippen LogP contribution is 2.19. The molecule has 1 saturated heterocycles. The standard InChI is InChI=1S/C16H26N2O/c1-13-10-15(4-5-16(13)19-3)12-18(2)9-7-14-6-8-17-11-14/h4-5,10,14,17H,6-9,11-12H2,1-3H3. The third kappa shape index (κ3) is 4.22. The van der Waals surface area contributed by atoms with Gasteiger partial charge in [-0.25, -0.2) is 0 Å². The quantitative estimate of drug-likeness (QED) is 0.852. The molecule has 3 nitrogen and oxygen atoms in total. The Hall–Kier alpha value is -1.06. The predicted octanol–water partition coefficient (Wildman–Crippen LogP) is 2.44. The molecule has 1 unspecified atom stereocenters. The summed E-state index contributed by atoms with van der Waals surface area (Å²) in [6.07, 6.45) is 2.65. The zero-order chi connectivity index (χ0) is 13.7. The normalized spacial score (nSPS) is 19.1. The van der Waals surface area contributed by atoms with E-state index in [0.29, 0.717) is 0 Å². The van der Waals surface area contributed by atoms with Gasteiger partial charge in [0, 0.05) is 6.54 Å². The number of ether oxygens (including phenoxy) is 1. The summed E-state index contributed by atoms with van der Waals surface area (Å²) in [6, 6.07) is 6.46. The molecular weight excluding hydrogens is 236 g/mol. The third-order valence-corrected chi connectivity index (χ3v) is 3.99. The molecule has 1 heterocycles. The molecule has 1 aliphatic rings. The van der Waals surface area contributed by atoms with Crippen LogP contribution in [-0.2, 0) is 6.54 Å². The van der Waals surface area contributed by atoms with Crippen LogP contribution in [0.1, 0.15) is 24.0 Å². The Morgan fingerprint density at radius 2 is 2.26 bits per heavy atom. The average molecular weight is 262 g/mol. The van der Waals surface area contributed by atoms with Crippen molar-refractivity contribution in [3.05, 3.63) is 29.3 Å². The summed E-state index contributed by atoms with van der Waals surface area (Å²) in [4.78, 5) is 2.42. The van der Waals surface area contributed by atoms with E-state index < -0.39 is 0 Å². The maximum absolute atomic E-state index is 5.30. The zero-order valence-corrected chi connectivity index (χ0v) is 12.4. The van der Waals surface area contributed by atoms with Gasteiger partial charge in [-0.05, 0) is 69.6 Å². The van der Waals surface area contributed by atoms with Gasteiger partial charge >= 0.3 is 0 Å². The smallest absolute Gasteiger partial charge is 0.121 e. The second kappa shape index (κ2) is 6.92. The highest BCUT2D eigenvalue weighted by Gasteiger charge is 2.14. The van der Waals surface area contributed by atoms with Gasteiger partial charge in [0.05, 0.1) is 7.11 Å². The van der Waals surface area contributed by atoms with E-state index in [1.54, 1.807) is 7.11 Å². The van der Waals surface area contributed by atoms with Gasteiger partial charge in [-0.3, -0.25) is 0 Å². The summed E-state index contributed by atoms with van der Waals surface area (Å²) >= 11 is 0. The molecule has 1 fully saturated rings. The Morgan fingerprint density at radius 1 is 1.42 bits per heavy atom. The molecule has 0 saturated carbocycles. The summed E-state index contributed by atoms with van der Waals surface area (Å²) in [5.41, 5.74) is 2.58. The van der Waals surface area contributed by atoms with Crippen LogP contribution in [0.2, 0.25) is 0 Å². The van der Waals surface area contributed by atoms with E-state index in [9.17, 15) is 0 Å². The third-order valence-electron chi connectivity index (χ3n) is 3.99. The molecule has 106 valence electrons. The number of hydrogen-bond donors (Lipinski definition) is 1. The van der Waals surface area contributed by atoms with Crippen LogP contribution in [0.3, 0.4) is 0 Å². The Labute approximate surface area is 116 Å². The Kier molecular flexibility index (Phi) is 5.23. The Bertz CT molecular complexity index is 400. The molecule has 0 bridgehead atoms. The minimum absolute atomic E-state index is 0.875. The fourth-order valence-corrected chi connectivity index (χ4v) is 2.79. The van der Waals surface area contributed by atoms with Gasteiger partial charge in [-0.2, -0.15) is 0 Å². The average Bonchev–Trinajstić information content (AvgIpc) is 2.90. The molecule has 1 aliphatic heterocycles. The van der Waals surface area contributed by atoms with Crippen LogP contribution in [0.4, 0.5) is 0 Å². The van der Waals surface area contributed by atoms with Crippen LogP contribution in [-0.4, -0.2) is 38.7 Å². The number of hydrogen-bond acceptors (Lipinski definition) is 3. The molecule has 19 heavy (non-hydrogen) atoms. The maximum atomic E-state index is 5.30. The van der Waals surface area contributed by atoms with Crippen LogP contribution in [0.25, 0.3) is 0 Å². The van der Waals surface area contributed by atoms with Crippen LogP contribution in [0.5, 0.6) is 5.75 Å². The van der Waals surface area contributed by atoms with Crippen LogP contribution in [0.15, 0.2) is 18.2 Å². The van der Waals surface area contributed by atoms with Crippen molar-refractivity contribution < 1.29 is 4.74 Å². The SMILES string of the molecule is COc1ccc(CN(C)CCC2CCNC2)cc1C. The van der Waals surface area contributed by atoms with Crippen molar-refractivity contribution in [2.24, 2.45) is 5.92 Å². The Balaban J connectivity index is 1.80. The number of nitrogens with one attached hydrogen (secondary N) is 1. The molecule has 2 rings (SSSR count). The van der Waals surface area contributed by atoms with E-state index in [-0.39, 0.29) is 0 Å². The molecule has 1 atom stereocenters. The molecular formula is C16H26N2O. The summed E-state index contributed by atoms with van der Waals surface area (Å²) in [6.45, 7) is 6.70. The summed E-state index contributed by atoms with van der Waals surface area (Å²) in [5.74, 6) is 1.85. The summed E-state index contributed by atoms with van der Waals surface area (Å²) < 4.78 is 5.30. The van der Waals surface area contributed by atoms with E-state index in [2.05, 4.69) is 42.4 Å². The summed E-state index contributed by atoms with van der Waals surface area (Å²) in [7, 11) is 3.94. The zero-order valence-electron chi connectivity index (χ0n) is 12.4. The molecule has 0 aliphatic carbocycles. The van der Waals surface area contributed by atoms with Gasteiger partial charge in [0.25, 0.3) is 0 Å². The van der Waals surface area contributed by atoms with E-state index in [0.717, 1.165) is 18.2 Å². The van der Waals surface area contributed by atoms with Crippen molar-refractivity contribution in [1.82, 2.24) is 10.2 Å². The second-order valence-corrected chi connectivity index (χ2v) is 5.69. The van der Waals surface area contributed by atoms with Gasteiger partial charge in [-0.1, -0.05) is 12.1 Å². The van der Waals surface area contributed by atoms with Gasteiger partial charge in [0.15, 0.2) is 0 Å². The predicted molar refractivity (Wildman–Crippen MR) is 79.7 cm³/mol. The fourth-order valence-electron chi connectivity index (χ4n) is 2.79. The van der Waals surface area contributed by atoms with Crippen LogP contribution < -0.4 is 10.1 Å². The number of rotatable bonds is 6. The largest absolute Gasteiger partial charge is 0.496 e. The minimum Gasteiger partial charge on any atom is -0.496 e. The van der Waals surface area contributed by atoms with Crippen molar-refractivity contribution >= 4 is 0 Å². The first kappa shape index (κ1) is 14.4. The minimum atomic E-state index is 0.875. The summed E-state index contributed by atoms with van der Waals surface area (Å²) in [5, 5.41) is 3.43. The molecule has 0 spiro atoms. The Morgan fingerprint density at radius 3 is 2.89 bits per heavy atom. The first-order chi connectivity index (χ1) is 9.19. The van der Waals surface area contributed by atoms with E-state index in [1.807, 2.05) is 0 Å². The van der Waals surface area contributed by atoms with Crippen molar-refractivity contribution in [2.75, 3.05) is 33.8 Å². The molecule has 3 heteroatoms. The molecule has 0 radical (unpaired) electrons. The van der Waals surface area contributed by atoms with Gasteiger partial charge < -0.3 is 15.0 Å². The van der Waals surface area contributed by atoms with Crippen molar-refractivity contribution in [3.63, 3.8) is 0 Å². The molecule has 1 N–H and O–H groups in total. The van der Waals surface area contributed by atoms with Gasteiger partial charge in [0.2, 0.25) is 0 Å². The van der Waals surface area contributed by atoms with E-state index in [1.165, 1.54) is 43.6 Å². The van der Waals surface area contributed by atoms with Crippen molar-refractivity contribution in [1.29, 1.82) is 0 Å². The molecule has 1 aromatic carbocycles. The van der Waals surface area contributed by atoms with Crippen LogP contribution >= 0.6 is 0 Å². The molecule has 1 aromatic rings. The fraction of sp³-hybridized carbons (Fsp3) is 0.625.